The molecule has 2 aromatic carbocycles. The van der Waals surface area contributed by atoms with Crippen LogP contribution in [0.5, 0.6) is 11.5 Å². The number of ether oxygens (including phenoxy) is 2. The highest BCUT2D eigenvalue weighted by Gasteiger charge is 2.07. The van der Waals surface area contributed by atoms with Gasteiger partial charge in [0.05, 0.1) is 7.11 Å². The first-order valence-corrected chi connectivity index (χ1v) is 7.16. The highest BCUT2D eigenvalue weighted by Crippen LogP contribution is 2.30. The van der Waals surface area contributed by atoms with E-state index in [1.807, 2.05) is 42.5 Å². The summed E-state index contributed by atoms with van der Waals surface area (Å²) in [6.45, 7) is 0.484. The summed E-state index contributed by atoms with van der Waals surface area (Å²) in [5, 5.41) is 0. The average molecular weight is 342 g/mol. The van der Waals surface area contributed by atoms with Crippen molar-refractivity contribution in [3.63, 3.8) is 0 Å². The van der Waals surface area contributed by atoms with Crippen LogP contribution in [0.15, 0.2) is 46.9 Å². The molecule has 0 saturated heterocycles. The van der Waals surface area contributed by atoms with Crippen molar-refractivity contribution in [3.05, 3.63) is 58.1 Å². The lowest BCUT2D eigenvalue weighted by molar-refractivity contribution is 0.284. The quantitative estimate of drug-likeness (QED) is 0.729. The third-order valence-electron chi connectivity index (χ3n) is 2.72. The smallest absolute Gasteiger partial charge is 0.161 e. The molecule has 2 rings (SSSR count). The SMILES string of the molecule is COc1cc(CCl)ccc1OCc1ccccc1Br. The Kier molecular flexibility index (Phi) is 5.11. The van der Waals surface area contributed by atoms with Crippen molar-refractivity contribution >= 4 is 27.5 Å². The molecule has 0 heterocycles. The molecule has 0 spiro atoms. The van der Waals surface area contributed by atoms with Crippen LogP contribution < -0.4 is 9.47 Å². The van der Waals surface area contributed by atoms with Crippen LogP contribution in [0.4, 0.5) is 0 Å². The van der Waals surface area contributed by atoms with E-state index in [9.17, 15) is 0 Å². The molecule has 4 heteroatoms. The number of halogens is 2. The fraction of sp³-hybridized carbons (Fsp3) is 0.200. The van der Waals surface area contributed by atoms with Gasteiger partial charge >= 0.3 is 0 Å². The number of alkyl halides is 1. The van der Waals surface area contributed by atoms with Crippen molar-refractivity contribution < 1.29 is 9.47 Å². The Labute approximate surface area is 126 Å². The van der Waals surface area contributed by atoms with Crippen LogP contribution in [0.25, 0.3) is 0 Å². The van der Waals surface area contributed by atoms with Crippen LogP contribution in [-0.4, -0.2) is 7.11 Å². The number of benzene rings is 2. The summed E-state index contributed by atoms with van der Waals surface area (Å²) in [6.07, 6.45) is 0. The van der Waals surface area contributed by atoms with E-state index in [4.69, 9.17) is 21.1 Å². The van der Waals surface area contributed by atoms with Gasteiger partial charge in [0.1, 0.15) is 6.61 Å². The summed E-state index contributed by atoms with van der Waals surface area (Å²) in [5.41, 5.74) is 2.10. The van der Waals surface area contributed by atoms with Crippen LogP contribution in [0, 0.1) is 0 Å². The second kappa shape index (κ2) is 6.83. The van der Waals surface area contributed by atoms with Gasteiger partial charge in [0, 0.05) is 15.9 Å². The Morgan fingerprint density at radius 2 is 1.89 bits per heavy atom. The number of hydrogen-bond acceptors (Lipinski definition) is 2. The standard InChI is InChI=1S/C15H14BrClO2/c1-18-15-8-11(9-17)6-7-14(15)19-10-12-4-2-3-5-13(12)16/h2-8H,9-10H2,1H3. The average Bonchev–Trinajstić information content (AvgIpc) is 2.46. The van der Waals surface area contributed by atoms with Crippen LogP contribution in [-0.2, 0) is 12.5 Å². The van der Waals surface area contributed by atoms with Crippen LogP contribution in [0.2, 0.25) is 0 Å². The van der Waals surface area contributed by atoms with E-state index in [2.05, 4.69) is 15.9 Å². The van der Waals surface area contributed by atoms with Crippen molar-refractivity contribution in [2.24, 2.45) is 0 Å². The lowest BCUT2D eigenvalue weighted by atomic mass is 10.2. The zero-order valence-electron chi connectivity index (χ0n) is 10.5. The molecule has 100 valence electrons. The first-order chi connectivity index (χ1) is 9.24. The minimum Gasteiger partial charge on any atom is -0.493 e. The Bertz CT molecular complexity index is 558. The Morgan fingerprint density at radius 3 is 2.58 bits per heavy atom. The van der Waals surface area contributed by atoms with Gasteiger partial charge in [-0.2, -0.15) is 0 Å². The number of hydrogen-bond donors (Lipinski definition) is 0. The molecule has 0 bridgehead atoms. The molecule has 0 unspecified atom stereocenters. The lowest BCUT2D eigenvalue weighted by Gasteiger charge is -2.12. The molecule has 0 N–H and O–H groups in total. The first-order valence-electron chi connectivity index (χ1n) is 5.83. The fourth-order valence-corrected chi connectivity index (χ4v) is 2.25. The second-order valence-corrected chi connectivity index (χ2v) is 5.12. The molecule has 0 aliphatic rings. The van der Waals surface area contributed by atoms with Gasteiger partial charge in [0.25, 0.3) is 0 Å². The maximum atomic E-state index is 5.80. The van der Waals surface area contributed by atoms with Crippen LogP contribution in [0.1, 0.15) is 11.1 Å². The number of methoxy groups -OCH3 is 1. The molecule has 0 radical (unpaired) electrons. The van der Waals surface area contributed by atoms with E-state index >= 15 is 0 Å². The minimum absolute atomic E-state index is 0.459. The molecule has 0 aromatic heterocycles. The van der Waals surface area contributed by atoms with Crippen molar-refractivity contribution in [2.45, 2.75) is 12.5 Å². The molecule has 0 amide bonds. The van der Waals surface area contributed by atoms with Gasteiger partial charge in [0.15, 0.2) is 11.5 Å². The highest BCUT2D eigenvalue weighted by atomic mass is 79.9. The number of rotatable bonds is 5. The van der Waals surface area contributed by atoms with Crippen LogP contribution in [0.3, 0.4) is 0 Å². The first kappa shape index (κ1) is 14.2. The van der Waals surface area contributed by atoms with Gasteiger partial charge in [-0.3, -0.25) is 0 Å². The van der Waals surface area contributed by atoms with Crippen LogP contribution >= 0.6 is 27.5 Å². The second-order valence-electron chi connectivity index (χ2n) is 4.00. The van der Waals surface area contributed by atoms with E-state index in [0.717, 1.165) is 15.6 Å². The largest absolute Gasteiger partial charge is 0.493 e. The van der Waals surface area contributed by atoms with E-state index in [0.29, 0.717) is 24.0 Å². The van der Waals surface area contributed by atoms with E-state index in [1.54, 1.807) is 7.11 Å². The molecule has 0 aliphatic heterocycles. The molecule has 0 fully saturated rings. The Hall–Kier alpha value is -1.19. The summed E-state index contributed by atoms with van der Waals surface area (Å²) in [7, 11) is 1.62. The summed E-state index contributed by atoms with van der Waals surface area (Å²) in [5.74, 6) is 1.87. The normalized spacial score (nSPS) is 10.3. The van der Waals surface area contributed by atoms with Gasteiger partial charge in [-0.25, -0.2) is 0 Å². The highest BCUT2D eigenvalue weighted by molar-refractivity contribution is 9.10. The Morgan fingerprint density at radius 1 is 1.11 bits per heavy atom. The molecular weight excluding hydrogens is 328 g/mol. The van der Waals surface area contributed by atoms with Gasteiger partial charge in [-0.1, -0.05) is 40.2 Å². The van der Waals surface area contributed by atoms with Crippen molar-refractivity contribution in [3.8, 4) is 11.5 Å². The van der Waals surface area contributed by atoms with E-state index in [-0.39, 0.29) is 0 Å². The third-order valence-corrected chi connectivity index (χ3v) is 3.81. The summed E-state index contributed by atoms with van der Waals surface area (Å²) in [4.78, 5) is 0. The van der Waals surface area contributed by atoms with Gasteiger partial charge < -0.3 is 9.47 Å². The molecule has 2 nitrogen and oxygen atoms in total. The third kappa shape index (κ3) is 3.64. The molecule has 0 atom stereocenters. The zero-order valence-corrected chi connectivity index (χ0v) is 12.9. The van der Waals surface area contributed by atoms with E-state index < -0.39 is 0 Å². The van der Waals surface area contributed by atoms with E-state index in [1.165, 1.54) is 0 Å². The summed E-state index contributed by atoms with van der Waals surface area (Å²) < 4.78 is 12.1. The topological polar surface area (TPSA) is 18.5 Å². The minimum atomic E-state index is 0.459. The predicted octanol–water partition coefficient (Wildman–Crippen LogP) is 4.78. The molecule has 0 aliphatic carbocycles. The van der Waals surface area contributed by atoms with Crippen molar-refractivity contribution in [1.82, 2.24) is 0 Å². The van der Waals surface area contributed by atoms with Crippen molar-refractivity contribution in [1.29, 1.82) is 0 Å². The molecule has 2 aromatic rings. The maximum absolute atomic E-state index is 5.80. The van der Waals surface area contributed by atoms with Gasteiger partial charge in [0.2, 0.25) is 0 Å². The lowest BCUT2D eigenvalue weighted by Crippen LogP contribution is -1.98. The maximum Gasteiger partial charge on any atom is 0.161 e. The predicted molar refractivity (Wildman–Crippen MR) is 81.0 cm³/mol. The summed E-state index contributed by atoms with van der Waals surface area (Å²) >= 11 is 9.30. The Balaban J connectivity index is 2.13. The van der Waals surface area contributed by atoms with Gasteiger partial charge in [-0.05, 0) is 23.8 Å². The summed E-state index contributed by atoms with van der Waals surface area (Å²) in [6, 6.07) is 13.7. The zero-order chi connectivity index (χ0) is 13.7. The molecule has 0 saturated carbocycles. The van der Waals surface area contributed by atoms with Gasteiger partial charge in [-0.15, -0.1) is 11.6 Å². The van der Waals surface area contributed by atoms with Crippen molar-refractivity contribution in [2.75, 3.05) is 7.11 Å². The molecule has 19 heavy (non-hydrogen) atoms. The molecular formula is C15H14BrClO2. The monoisotopic (exact) mass is 340 g/mol. The fourth-order valence-electron chi connectivity index (χ4n) is 1.69.